The van der Waals surface area contributed by atoms with Crippen LogP contribution in [0.25, 0.3) is 11.3 Å². The molecule has 106 valence electrons. The number of alkyl halides is 3. The Kier molecular flexibility index (Phi) is 3.59. The third kappa shape index (κ3) is 3.18. The highest BCUT2D eigenvalue weighted by Crippen LogP contribution is 2.31. The number of benzene rings is 1. The maximum Gasteiger partial charge on any atom is 0.416 e. The average Bonchev–Trinajstić information content (AvgIpc) is 2.37. The first-order chi connectivity index (χ1) is 9.18. The molecule has 1 aromatic heterocycles. The summed E-state index contributed by atoms with van der Waals surface area (Å²) < 4.78 is 37.5. The lowest BCUT2D eigenvalue weighted by Gasteiger charge is -2.18. The maximum absolute atomic E-state index is 12.5. The third-order valence-corrected chi connectivity index (χ3v) is 3.14. The van der Waals surface area contributed by atoms with Crippen LogP contribution in [0.1, 0.15) is 31.9 Å². The van der Waals surface area contributed by atoms with Gasteiger partial charge in [-0.3, -0.25) is 4.98 Å². The van der Waals surface area contributed by atoms with Gasteiger partial charge in [-0.05, 0) is 29.2 Å². The summed E-state index contributed by atoms with van der Waals surface area (Å²) in [6.07, 6.45) is -2.53. The minimum absolute atomic E-state index is 0.00563. The maximum atomic E-state index is 12.5. The van der Waals surface area contributed by atoms with Crippen molar-refractivity contribution in [2.24, 2.45) is 0 Å². The predicted molar refractivity (Wildman–Crippen MR) is 73.4 cm³/mol. The first kappa shape index (κ1) is 14.6. The zero-order valence-electron chi connectivity index (χ0n) is 11.6. The van der Waals surface area contributed by atoms with Crippen LogP contribution in [0.4, 0.5) is 13.2 Å². The summed E-state index contributed by atoms with van der Waals surface area (Å²) in [4.78, 5) is 4.33. The van der Waals surface area contributed by atoms with E-state index in [4.69, 9.17) is 0 Å². The molecule has 20 heavy (non-hydrogen) atoms. The molecule has 0 saturated heterocycles. The molecule has 0 spiro atoms. The fraction of sp³-hybridized carbons (Fsp3) is 0.312. The smallest absolute Gasteiger partial charge is 0.256 e. The Labute approximate surface area is 116 Å². The summed E-state index contributed by atoms with van der Waals surface area (Å²) in [7, 11) is 0. The minimum atomic E-state index is -4.30. The number of nitrogens with zero attached hydrogens (tertiary/aromatic N) is 1. The zero-order valence-corrected chi connectivity index (χ0v) is 11.6. The second-order valence-electron chi connectivity index (χ2n) is 5.76. The van der Waals surface area contributed by atoms with Crippen LogP contribution in [-0.2, 0) is 11.6 Å². The van der Waals surface area contributed by atoms with E-state index >= 15 is 0 Å². The van der Waals surface area contributed by atoms with Crippen molar-refractivity contribution >= 4 is 0 Å². The van der Waals surface area contributed by atoms with E-state index in [-0.39, 0.29) is 5.41 Å². The van der Waals surface area contributed by atoms with E-state index in [1.165, 1.54) is 12.1 Å². The molecule has 0 amide bonds. The molecule has 0 fully saturated rings. The lowest BCUT2D eigenvalue weighted by atomic mass is 9.88. The quantitative estimate of drug-likeness (QED) is 0.710. The van der Waals surface area contributed by atoms with Gasteiger partial charge in [0.2, 0.25) is 0 Å². The SMILES string of the molecule is CC(C)(C)c1ccc(-c2ccc(C(F)(F)F)cc2)nc1. The van der Waals surface area contributed by atoms with Crippen molar-refractivity contribution in [1.82, 2.24) is 4.98 Å². The van der Waals surface area contributed by atoms with E-state index in [0.717, 1.165) is 17.7 Å². The van der Waals surface area contributed by atoms with Crippen LogP contribution >= 0.6 is 0 Å². The van der Waals surface area contributed by atoms with Crippen LogP contribution in [0, 0.1) is 0 Å². The fourth-order valence-corrected chi connectivity index (χ4v) is 1.84. The predicted octanol–water partition coefficient (Wildman–Crippen LogP) is 5.06. The van der Waals surface area contributed by atoms with E-state index < -0.39 is 11.7 Å². The number of halogens is 3. The zero-order chi connectivity index (χ0) is 15.0. The first-order valence-electron chi connectivity index (χ1n) is 6.32. The Hall–Kier alpha value is -1.84. The van der Waals surface area contributed by atoms with Crippen molar-refractivity contribution in [3.63, 3.8) is 0 Å². The Balaban J connectivity index is 2.29. The van der Waals surface area contributed by atoms with Crippen molar-refractivity contribution in [2.45, 2.75) is 32.4 Å². The minimum Gasteiger partial charge on any atom is -0.256 e. The van der Waals surface area contributed by atoms with Gasteiger partial charge < -0.3 is 0 Å². The molecule has 1 nitrogen and oxygen atoms in total. The van der Waals surface area contributed by atoms with Gasteiger partial charge in [0, 0.05) is 11.8 Å². The topological polar surface area (TPSA) is 12.9 Å². The van der Waals surface area contributed by atoms with Crippen LogP contribution in [0.15, 0.2) is 42.6 Å². The van der Waals surface area contributed by atoms with E-state index in [1.807, 2.05) is 12.1 Å². The molecule has 0 atom stereocenters. The summed E-state index contributed by atoms with van der Waals surface area (Å²) in [5, 5.41) is 0. The number of aromatic nitrogens is 1. The Morgan fingerprint density at radius 2 is 1.35 bits per heavy atom. The normalized spacial score (nSPS) is 12.5. The summed E-state index contributed by atoms with van der Waals surface area (Å²) in [5.74, 6) is 0. The largest absolute Gasteiger partial charge is 0.416 e. The molecular weight excluding hydrogens is 263 g/mol. The summed E-state index contributed by atoms with van der Waals surface area (Å²) in [5.41, 5.74) is 1.80. The molecular formula is C16H16F3N. The van der Waals surface area contributed by atoms with E-state index in [0.29, 0.717) is 11.3 Å². The van der Waals surface area contributed by atoms with Crippen molar-refractivity contribution < 1.29 is 13.2 Å². The van der Waals surface area contributed by atoms with Gasteiger partial charge in [0.15, 0.2) is 0 Å². The molecule has 0 saturated carbocycles. The van der Waals surface area contributed by atoms with Gasteiger partial charge in [0.1, 0.15) is 0 Å². The Morgan fingerprint density at radius 3 is 1.75 bits per heavy atom. The number of hydrogen-bond acceptors (Lipinski definition) is 1. The van der Waals surface area contributed by atoms with Crippen LogP contribution in [0.2, 0.25) is 0 Å². The molecule has 0 aliphatic carbocycles. The lowest BCUT2D eigenvalue weighted by molar-refractivity contribution is -0.137. The number of hydrogen-bond donors (Lipinski definition) is 0. The standard InChI is InChI=1S/C16H16F3N/c1-15(2,3)13-8-9-14(20-10-13)11-4-6-12(7-5-11)16(17,18)19/h4-10H,1-3H3. The van der Waals surface area contributed by atoms with Gasteiger partial charge in [-0.25, -0.2) is 0 Å². The van der Waals surface area contributed by atoms with E-state index in [1.54, 1.807) is 6.20 Å². The molecule has 0 aliphatic rings. The molecule has 4 heteroatoms. The molecule has 0 unspecified atom stereocenters. The van der Waals surface area contributed by atoms with E-state index in [2.05, 4.69) is 25.8 Å². The van der Waals surface area contributed by atoms with Gasteiger partial charge in [-0.1, -0.05) is 39.0 Å². The highest BCUT2D eigenvalue weighted by atomic mass is 19.4. The average molecular weight is 279 g/mol. The number of pyridine rings is 1. The van der Waals surface area contributed by atoms with Gasteiger partial charge in [-0.2, -0.15) is 13.2 Å². The molecule has 1 aromatic carbocycles. The molecule has 1 heterocycles. The van der Waals surface area contributed by atoms with Crippen LogP contribution in [0.3, 0.4) is 0 Å². The first-order valence-corrected chi connectivity index (χ1v) is 6.32. The van der Waals surface area contributed by atoms with Crippen molar-refractivity contribution in [3.8, 4) is 11.3 Å². The third-order valence-electron chi connectivity index (χ3n) is 3.14. The van der Waals surface area contributed by atoms with Gasteiger partial charge in [0.25, 0.3) is 0 Å². The van der Waals surface area contributed by atoms with Gasteiger partial charge in [-0.15, -0.1) is 0 Å². The van der Waals surface area contributed by atoms with E-state index in [9.17, 15) is 13.2 Å². The van der Waals surface area contributed by atoms with Crippen molar-refractivity contribution in [2.75, 3.05) is 0 Å². The van der Waals surface area contributed by atoms with Crippen LogP contribution in [-0.4, -0.2) is 4.98 Å². The lowest BCUT2D eigenvalue weighted by Crippen LogP contribution is -2.11. The highest BCUT2D eigenvalue weighted by Gasteiger charge is 2.30. The Morgan fingerprint density at radius 1 is 0.800 bits per heavy atom. The van der Waals surface area contributed by atoms with Gasteiger partial charge in [0.05, 0.1) is 11.3 Å². The second kappa shape index (κ2) is 4.93. The summed E-state index contributed by atoms with van der Waals surface area (Å²) in [6.45, 7) is 6.26. The summed E-state index contributed by atoms with van der Waals surface area (Å²) in [6, 6.07) is 8.84. The molecule has 0 bridgehead atoms. The Bertz CT molecular complexity index is 520. The van der Waals surface area contributed by atoms with Crippen molar-refractivity contribution in [1.29, 1.82) is 0 Å². The monoisotopic (exact) mass is 279 g/mol. The van der Waals surface area contributed by atoms with Crippen LogP contribution in [0.5, 0.6) is 0 Å². The summed E-state index contributed by atoms with van der Waals surface area (Å²) >= 11 is 0. The highest BCUT2D eigenvalue weighted by molar-refractivity contribution is 5.59. The van der Waals surface area contributed by atoms with Crippen molar-refractivity contribution in [3.05, 3.63) is 53.7 Å². The molecule has 2 aromatic rings. The fourth-order valence-electron chi connectivity index (χ4n) is 1.84. The molecule has 0 N–H and O–H groups in total. The molecule has 2 rings (SSSR count). The van der Waals surface area contributed by atoms with Gasteiger partial charge >= 0.3 is 6.18 Å². The number of rotatable bonds is 1. The molecule has 0 aliphatic heterocycles. The second-order valence-corrected chi connectivity index (χ2v) is 5.76. The van der Waals surface area contributed by atoms with Crippen LogP contribution < -0.4 is 0 Å². The molecule has 0 radical (unpaired) electrons.